The number of hydrogen-bond acceptors (Lipinski definition) is 4. The van der Waals surface area contributed by atoms with Gasteiger partial charge in [0, 0.05) is 25.7 Å². The maximum Gasteiger partial charge on any atom is 0.258 e. The molecule has 2 aliphatic heterocycles. The Morgan fingerprint density at radius 1 is 1.04 bits per heavy atom. The van der Waals surface area contributed by atoms with E-state index in [9.17, 15) is 19.8 Å². The Hall–Kier alpha value is -2.73. The zero-order valence-corrected chi connectivity index (χ0v) is 15.3. The molecule has 0 aromatic heterocycles. The van der Waals surface area contributed by atoms with Crippen LogP contribution >= 0.6 is 11.6 Å². The minimum atomic E-state index is -0.557. The van der Waals surface area contributed by atoms with E-state index in [0.717, 1.165) is 23.6 Å². The van der Waals surface area contributed by atoms with Crippen molar-refractivity contribution in [3.8, 4) is 11.5 Å². The zero-order chi connectivity index (χ0) is 19.1. The van der Waals surface area contributed by atoms with E-state index in [0.29, 0.717) is 26.1 Å². The molecular formula is C20H19ClN2O4. The maximum absolute atomic E-state index is 13.1. The average molecular weight is 387 g/mol. The SMILES string of the molecule is O=C([C@H]1CCCN1C(=O)c1cc(Cl)c(O)cc1O)N1Cc2ccccc2C1. The number of rotatable bonds is 2. The number of likely N-dealkylation sites (tertiary alicyclic amines) is 1. The van der Waals surface area contributed by atoms with Crippen molar-refractivity contribution in [2.45, 2.75) is 32.0 Å². The molecule has 27 heavy (non-hydrogen) atoms. The van der Waals surface area contributed by atoms with E-state index in [1.54, 1.807) is 4.90 Å². The molecule has 2 aromatic rings. The van der Waals surface area contributed by atoms with Gasteiger partial charge >= 0.3 is 0 Å². The van der Waals surface area contributed by atoms with Crippen molar-refractivity contribution in [2.24, 2.45) is 0 Å². The number of hydrogen-bond donors (Lipinski definition) is 2. The minimum Gasteiger partial charge on any atom is -0.507 e. The lowest BCUT2D eigenvalue weighted by atomic mass is 10.1. The van der Waals surface area contributed by atoms with Crippen molar-refractivity contribution in [3.05, 3.63) is 58.1 Å². The Morgan fingerprint density at radius 2 is 1.70 bits per heavy atom. The molecule has 0 unspecified atom stereocenters. The van der Waals surface area contributed by atoms with Crippen molar-refractivity contribution in [2.75, 3.05) is 6.54 Å². The van der Waals surface area contributed by atoms with Crippen molar-refractivity contribution < 1.29 is 19.8 Å². The van der Waals surface area contributed by atoms with Crippen LogP contribution in [0, 0.1) is 0 Å². The highest BCUT2D eigenvalue weighted by molar-refractivity contribution is 6.32. The van der Waals surface area contributed by atoms with Crippen molar-refractivity contribution in [3.63, 3.8) is 0 Å². The lowest BCUT2D eigenvalue weighted by molar-refractivity contribution is -0.135. The molecule has 0 bridgehead atoms. The van der Waals surface area contributed by atoms with Gasteiger partial charge < -0.3 is 20.0 Å². The van der Waals surface area contributed by atoms with Gasteiger partial charge in [-0.25, -0.2) is 0 Å². The Morgan fingerprint density at radius 3 is 2.37 bits per heavy atom. The van der Waals surface area contributed by atoms with Crippen molar-refractivity contribution in [1.29, 1.82) is 0 Å². The summed E-state index contributed by atoms with van der Waals surface area (Å²) in [6.45, 7) is 1.53. The fourth-order valence-electron chi connectivity index (χ4n) is 3.84. The van der Waals surface area contributed by atoms with Gasteiger partial charge in [0.05, 0.1) is 10.6 Å². The van der Waals surface area contributed by atoms with Crippen LogP contribution in [-0.4, -0.2) is 44.4 Å². The van der Waals surface area contributed by atoms with Crippen LogP contribution in [0.2, 0.25) is 5.02 Å². The Bertz CT molecular complexity index is 905. The average Bonchev–Trinajstić information content (AvgIpc) is 3.30. The van der Waals surface area contributed by atoms with E-state index in [-0.39, 0.29) is 28.0 Å². The highest BCUT2D eigenvalue weighted by Gasteiger charge is 2.39. The first-order chi connectivity index (χ1) is 13.0. The van der Waals surface area contributed by atoms with Gasteiger partial charge in [0.2, 0.25) is 5.91 Å². The van der Waals surface area contributed by atoms with E-state index in [1.165, 1.54) is 11.0 Å². The summed E-state index contributed by atoms with van der Waals surface area (Å²) in [5.41, 5.74) is 2.25. The predicted octanol–water partition coefficient (Wildman–Crippen LogP) is 2.90. The number of phenols is 2. The Labute approximate surface area is 161 Å². The molecule has 6 nitrogen and oxygen atoms in total. The first-order valence-corrected chi connectivity index (χ1v) is 9.21. The van der Waals surface area contributed by atoms with E-state index < -0.39 is 11.9 Å². The number of carbonyl (C=O) groups is 2. The molecule has 4 rings (SSSR count). The largest absolute Gasteiger partial charge is 0.507 e. The van der Waals surface area contributed by atoms with Gasteiger partial charge in [0.15, 0.2) is 0 Å². The second-order valence-corrected chi connectivity index (χ2v) is 7.35. The molecule has 2 N–H and O–H groups in total. The van der Waals surface area contributed by atoms with Gasteiger partial charge in [0.25, 0.3) is 5.91 Å². The fourth-order valence-corrected chi connectivity index (χ4v) is 4.01. The maximum atomic E-state index is 13.1. The normalized spacial score (nSPS) is 18.6. The lowest BCUT2D eigenvalue weighted by Crippen LogP contribution is -2.46. The minimum absolute atomic E-state index is 0.0118. The summed E-state index contributed by atoms with van der Waals surface area (Å²) in [5, 5.41) is 19.6. The third-order valence-electron chi connectivity index (χ3n) is 5.25. The van der Waals surface area contributed by atoms with Gasteiger partial charge in [-0.1, -0.05) is 35.9 Å². The second-order valence-electron chi connectivity index (χ2n) is 6.94. The van der Waals surface area contributed by atoms with Crippen molar-refractivity contribution >= 4 is 23.4 Å². The van der Waals surface area contributed by atoms with Crippen LogP contribution in [0.1, 0.15) is 34.3 Å². The quantitative estimate of drug-likeness (QED) is 0.831. The van der Waals surface area contributed by atoms with Crippen LogP contribution < -0.4 is 0 Å². The third-order valence-corrected chi connectivity index (χ3v) is 5.55. The number of nitrogens with zero attached hydrogens (tertiary/aromatic N) is 2. The number of carbonyl (C=O) groups excluding carboxylic acids is 2. The Kier molecular flexibility index (Phi) is 4.44. The van der Waals surface area contributed by atoms with E-state index in [1.807, 2.05) is 24.3 Å². The molecule has 0 spiro atoms. The van der Waals surface area contributed by atoms with Gasteiger partial charge in [-0.2, -0.15) is 0 Å². The fraction of sp³-hybridized carbons (Fsp3) is 0.300. The molecule has 1 saturated heterocycles. The molecule has 2 amide bonds. The summed E-state index contributed by atoms with van der Waals surface area (Å²) < 4.78 is 0. The molecule has 1 fully saturated rings. The summed E-state index contributed by atoms with van der Waals surface area (Å²) in [7, 11) is 0. The number of fused-ring (bicyclic) bond motifs is 1. The summed E-state index contributed by atoms with van der Waals surface area (Å²) in [6.07, 6.45) is 1.31. The summed E-state index contributed by atoms with van der Waals surface area (Å²) >= 11 is 5.88. The number of amides is 2. The van der Waals surface area contributed by atoms with Crippen LogP contribution in [0.25, 0.3) is 0 Å². The third kappa shape index (κ3) is 3.10. The van der Waals surface area contributed by atoms with E-state index in [4.69, 9.17) is 11.6 Å². The van der Waals surface area contributed by atoms with Crippen LogP contribution in [0.3, 0.4) is 0 Å². The van der Waals surface area contributed by atoms with Gasteiger partial charge in [0.1, 0.15) is 17.5 Å². The Balaban J connectivity index is 1.55. The number of aromatic hydroxyl groups is 2. The molecule has 7 heteroatoms. The summed E-state index contributed by atoms with van der Waals surface area (Å²) in [4.78, 5) is 29.3. The molecule has 1 atom stereocenters. The molecule has 0 aliphatic carbocycles. The molecule has 2 aromatic carbocycles. The highest BCUT2D eigenvalue weighted by atomic mass is 35.5. The van der Waals surface area contributed by atoms with Gasteiger partial charge in [-0.05, 0) is 30.0 Å². The number of halogens is 1. The number of benzene rings is 2. The standard InChI is InChI=1S/C20H19ClN2O4/c21-15-8-14(17(24)9-18(15)25)19(26)23-7-3-6-16(23)20(27)22-10-12-4-1-2-5-13(12)11-22/h1-2,4-5,8-9,16,24-25H,3,6-7,10-11H2/t16-/m1/s1. The zero-order valence-electron chi connectivity index (χ0n) is 14.6. The van der Waals surface area contributed by atoms with Gasteiger partial charge in [-0.3, -0.25) is 9.59 Å². The van der Waals surface area contributed by atoms with Crippen molar-refractivity contribution in [1.82, 2.24) is 9.80 Å². The molecule has 0 radical (unpaired) electrons. The monoisotopic (exact) mass is 386 g/mol. The smallest absolute Gasteiger partial charge is 0.258 e. The molecule has 2 heterocycles. The van der Waals surface area contributed by atoms with Crippen LogP contribution in [0.5, 0.6) is 11.5 Å². The second kappa shape index (κ2) is 6.78. The van der Waals surface area contributed by atoms with Gasteiger partial charge in [-0.15, -0.1) is 0 Å². The van der Waals surface area contributed by atoms with Crippen LogP contribution in [0.4, 0.5) is 0 Å². The van der Waals surface area contributed by atoms with Crippen LogP contribution in [0.15, 0.2) is 36.4 Å². The lowest BCUT2D eigenvalue weighted by Gasteiger charge is -2.28. The predicted molar refractivity (Wildman–Crippen MR) is 99.5 cm³/mol. The first kappa shape index (κ1) is 17.7. The molecule has 2 aliphatic rings. The highest BCUT2D eigenvalue weighted by Crippen LogP contribution is 2.34. The summed E-state index contributed by atoms with van der Waals surface area (Å²) in [5.74, 6) is -1.19. The van der Waals surface area contributed by atoms with E-state index >= 15 is 0 Å². The summed E-state index contributed by atoms with van der Waals surface area (Å²) in [6, 6.07) is 9.65. The number of phenolic OH excluding ortho intramolecular Hbond substituents is 2. The topological polar surface area (TPSA) is 81.1 Å². The van der Waals surface area contributed by atoms with E-state index in [2.05, 4.69) is 0 Å². The molecule has 0 saturated carbocycles. The molecular weight excluding hydrogens is 368 g/mol. The molecule has 140 valence electrons. The van der Waals surface area contributed by atoms with Crippen LogP contribution in [-0.2, 0) is 17.9 Å². The first-order valence-electron chi connectivity index (χ1n) is 8.83.